The predicted octanol–water partition coefficient (Wildman–Crippen LogP) is 3.27. The summed E-state index contributed by atoms with van der Waals surface area (Å²) < 4.78 is 7.10. The number of hydrogen-bond acceptors (Lipinski definition) is 4. The number of imidazole rings is 1. The zero-order chi connectivity index (χ0) is 19.1. The molecule has 2 N–H and O–H groups in total. The molecule has 0 aliphatic rings. The first kappa shape index (κ1) is 18.6. The second-order valence-electron chi connectivity index (χ2n) is 5.86. The van der Waals surface area contributed by atoms with Gasteiger partial charge in [-0.2, -0.15) is 5.10 Å². The molecule has 1 aromatic heterocycles. The quantitative estimate of drug-likeness (QED) is 0.391. The molecule has 0 saturated heterocycles. The van der Waals surface area contributed by atoms with Crippen LogP contribution < -0.4 is 15.5 Å². The minimum atomic E-state index is 0.472. The molecule has 0 amide bonds. The first-order valence-electron chi connectivity index (χ1n) is 8.45. The summed E-state index contributed by atoms with van der Waals surface area (Å²) in [5, 5.41) is 7.96. The van der Waals surface area contributed by atoms with Gasteiger partial charge in [0.05, 0.1) is 19.1 Å². The van der Waals surface area contributed by atoms with Gasteiger partial charge in [-0.1, -0.05) is 24.3 Å². The fraction of sp³-hybridized carbons (Fsp3) is 0.150. The summed E-state index contributed by atoms with van der Waals surface area (Å²) >= 11 is 5.28. The smallest absolute Gasteiger partial charge is 0.187 e. The molecule has 0 saturated carbocycles. The Morgan fingerprint density at radius 1 is 1.15 bits per heavy atom. The number of hydrogen-bond donors (Lipinski definition) is 2. The van der Waals surface area contributed by atoms with Crippen LogP contribution in [0.15, 0.2) is 72.4 Å². The molecule has 0 atom stereocenters. The van der Waals surface area contributed by atoms with Gasteiger partial charge in [0.25, 0.3) is 0 Å². The van der Waals surface area contributed by atoms with Crippen molar-refractivity contribution in [1.82, 2.24) is 20.3 Å². The molecule has 0 aliphatic heterocycles. The molecule has 3 aromatic rings. The maximum absolute atomic E-state index is 5.28. The number of rotatable bonds is 6. The van der Waals surface area contributed by atoms with Gasteiger partial charge in [0.1, 0.15) is 5.75 Å². The summed E-state index contributed by atoms with van der Waals surface area (Å²) in [6, 6.07) is 15.9. The lowest BCUT2D eigenvalue weighted by Crippen LogP contribution is -2.32. The second-order valence-corrected chi connectivity index (χ2v) is 6.26. The van der Waals surface area contributed by atoms with E-state index < -0.39 is 0 Å². The molecule has 2 aromatic carbocycles. The summed E-state index contributed by atoms with van der Waals surface area (Å²) in [5.74, 6) is 0.832. The van der Waals surface area contributed by atoms with Gasteiger partial charge in [-0.25, -0.2) is 4.98 Å². The highest BCUT2D eigenvalue weighted by molar-refractivity contribution is 7.80. The molecular formula is C20H21N5OS. The molecule has 0 bridgehead atoms. The number of nitrogens with zero attached hydrogens (tertiary/aromatic N) is 3. The van der Waals surface area contributed by atoms with Crippen molar-refractivity contribution in [3.05, 3.63) is 78.4 Å². The lowest BCUT2D eigenvalue weighted by molar-refractivity contribution is 0.414. The standard InChI is InChI=1S/C20H21N5OS/c1-15(17-5-7-18(8-6-17)25-12-11-21-14-25)23-24-20(27)22-13-16-3-9-19(26-2)10-4-16/h3-12,14H,13H2,1-2H3,(H2,22,24,27)/b23-15-. The number of hydrazone groups is 1. The minimum Gasteiger partial charge on any atom is -0.497 e. The van der Waals surface area contributed by atoms with Crippen molar-refractivity contribution < 1.29 is 4.74 Å². The highest BCUT2D eigenvalue weighted by Crippen LogP contribution is 2.11. The molecule has 0 radical (unpaired) electrons. The third-order valence-corrected chi connectivity index (χ3v) is 4.26. The van der Waals surface area contributed by atoms with Crippen LogP contribution in [0.1, 0.15) is 18.1 Å². The van der Waals surface area contributed by atoms with Crippen LogP contribution in [0.5, 0.6) is 5.75 Å². The summed E-state index contributed by atoms with van der Waals surface area (Å²) in [4.78, 5) is 4.05. The average Bonchev–Trinajstić information content (AvgIpc) is 3.26. The largest absolute Gasteiger partial charge is 0.497 e. The highest BCUT2D eigenvalue weighted by Gasteiger charge is 2.01. The average molecular weight is 379 g/mol. The van der Waals surface area contributed by atoms with E-state index in [2.05, 4.69) is 20.8 Å². The Morgan fingerprint density at radius 3 is 2.52 bits per heavy atom. The van der Waals surface area contributed by atoms with Crippen LogP contribution in [-0.4, -0.2) is 27.5 Å². The van der Waals surface area contributed by atoms with Gasteiger partial charge in [0.15, 0.2) is 5.11 Å². The molecule has 6 nitrogen and oxygen atoms in total. The van der Waals surface area contributed by atoms with E-state index in [4.69, 9.17) is 17.0 Å². The van der Waals surface area contributed by atoms with Crippen molar-refractivity contribution in [2.45, 2.75) is 13.5 Å². The van der Waals surface area contributed by atoms with Crippen molar-refractivity contribution in [3.8, 4) is 11.4 Å². The summed E-state index contributed by atoms with van der Waals surface area (Å²) in [6.07, 6.45) is 5.43. The van der Waals surface area contributed by atoms with E-state index in [0.717, 1.165) is 28.3 Å². The van der Waals surface area contributed by atoms with Crippen molar-refractivity contribution >= 4 is 23.0 Å². The molecule has 138 valence electrons. The maximum Gasteiger partial charge on any atom is 0.187 e. The number of thiocarbonyl (C=S) groups is 1. The van der Waals surface area contributed by atoms with Crippen LogP contribution in [0.4, 0.5) is 0 Å². The van der Waals surface area contributed by atoms with E-state index in [1.807, 2.05) is 66.2 Å². The predicted molar refractivity (Wildman–Crippen MR) is 111 cm³/mol. The molecular weight excluding hydrogens is 358 g/mol. The number of aromatic nitrogens is 2. The van der Waals surface area contributed by atoms with Gasteiger partial charge in [-0.3, -0.25) is 5.43 Å². The van der Waals surface area contributed by atoms with Crippen molar-refractivity contribution in [3.63, 3.8) is 0 Å². The van der Waals surface area contributed by atoms with Crippen LogP contribution in [-0.2, 0) is 6.54 Å². The van der Waals surface area contributed by atoms with Crippen molar-refractivity contribution in [2.75, 3.05) is 7.11 Å². The van der Waals surface area contributed by atoms with E-state index in [1.54, 1.807) is 19.6 Å². The first-order chi connectivity index (χ1) is 13.2. The zero-order valence-corrected chi connectivity index (χ0v) is 16.0. The molecule has 3 rings (SSSR count). The lowest BCUT2D eigenvalue weighted by atomic mass is 10.1. The normalized spacial score (nSPS) is 11.1. The summed E-state index contributed by atoms with van der Waals surface area (Å²) in [5.41, 5.74) is 6.91. The molecule has 1 heterocycles. The maximum atomic E-state index is 5.28. The van der Waals surface area contributed by atoms with Crippen LogP contribution in [0, 0.1) is 0 Å². The van der Waals surface area contributed by atoms with E-state index in [0.29, 0.717) is 11.7 Å². The van der Waals surface area contributed by atoms with Gasteiger partial charge >= 0.3 is 0 Å². The monoisotopic (exact) mass is 379 g/mol. The van der Waals surface area contributed by atoms with Gasteiger partial charge in [-0.15, -0.1) is 0 Å². The van der Waals surface area contributed by atoms with E-state index in [-0.39, 0.29) is 0 Å². The number of methoxy groups -OCH3 is 1. The Morgan fingerprint density at radius 2 is 1.89 bits per heavy atom. The summed E-state index contributed by atoms with van der Waals surface area (Å²) in [7, 11) is 1.65. The van der Waals surface area contributed by atoms with Crippen LogP contribution >= 0.6 is 12.2 Å². The van der Waals surface area contributed by atoms with Crippen LogP contribution in [0.3, 0.4) is 0 Å². The molecule has 27 heavy (non-hydrogen) atoms. The molecule has 0 aliphatic carbocycles. The third kappa shape index (κ3) is 5.15. The lowest BCUT2D eigenvalue weighted by Gasteiger charge is -2.09. The fourth-order valence-corrected chi connectivity index (χ4v) is 2.57. The molecule has 0 fully saturated rings. The molecule has 7 heteroatoms. The fourth-order valence-electron chi connectivity index (χ4n) is 2.45. The van der Waals surface area contributed by atoms with Gasteiger partial charge in [-0.05, 0) is 54.5 Å². The zero-order valence-electron chi connectivity index (χ0n) is 15.2. The van der Waals surface area contributed by atoms with Crippen LogP contribution in [0.2, 0.25) is 0 Å². The van der Waals surface area contributed by atoms with Gasteiger partial charge in [0, 0.05) is 24.6 Å². The van der Waals surface area contributed by atoms with E-state index >= 15 is 0 Å². The van der Waals surface area contributed by atoms with Gasteiger partial charge in [0.2, 0.25) is 0 Å². The Labute approximate surface area is 163 Å². The van der Waals surface area contributed by atoms with E-state index in [1.165, 1.54) is 0 Å². The van der Waals surface area contributed by atoms with Crippen molar-refractivity contribution in [2.24, 2.45) is 5.10 Å². The number of benzene rings is 2. The number of ether oxygens (including phenoxy) is 1. The second kappa shape index (κ2) is 8.95. The Bertz CT molecular complexity index is 903. The Balaban J connectivity index is 1.52. The van der Waals surface area contributed by atoms with Gasteiger partial charge < -0.3 is 14.6 Å². The number of nitrogens with one attached hydrogen (secondary N) is 2. The Hall–Kier alpha value is -3.19. The molecule has 0 unspecified atom stereocenters. The minimum absolute atomic E-state index is 0.472. The topological polar surface area (TPSA) is 63.5 Å². The summed E-state index contributed by atoms with van der Waals surface area (Å²) in [6.45, 7) is 2.55. The third-order valence-electron chi connectivity index (χ3n) is 4.02. The first-order valence-corrected chi connectivity index (χ1v) is 8.86. The van der Waals surface area contributed by atoms with E-state index in [9.17, 15) is 0 Å². The highest BCUT2D eigenvalue weighted by atomic mass is 32.1. The molecule has 0 spiro atoms. The Kier molecular flexibility index (Phi) is 6.17. The van der Waals surface area contributed by atoms with Crippen molar-refractivity contribution in [1.29, 1.82) is 0 Å². The van der Waals surface area contributed by atoms with Crippen LogP contribution in [0.25, 0.3) is 5.69 Å². The SMILES string of the molecule is COc1ccc(CNC(=S)N/N=C(/C)c2ccc(-n3ccnc3)cc2)cc1.